The second-order valence-corrected chi connectivity index (χ2v) is 5.77. The van der Waals surface area contributed by atoms with Crippen LogP contribution in [0.1, 0.15) is 26.7 Å². The molecule has 1 heterocycles. The number of nitrogens with one attached hydrogen (secondary N) is 2. The van der Waals surface area contributed by atoms with E-state index in [-0.39, 0.29) is 5.54 Å². The Hall–Kier alpha value is -0.970. The Labute approximate surface area is 107 Å². The van der Waals surface area contributed by atoms with E-state index in [0.717, 1.165) is 22.7 Å². The third-order valence-electron chi connectivity index (χ3n) is 3.19. The molecule has 5 heteroatoms. The maximum absolute atomic E-state index is 4.50. The van der Waals surface area contributed by atoms with Gasteiger partial charge in [-0.2, -0.15) is 0 Å². The predicted molar refractivity (Wildman–Crippen MR) is 73.8 cm³/mol. The molecule has 0 atom stereocenters. The minimum atomic E-state index is 0.120. The van der Waals surface area contributed by atoms with Crippen molar-refractivity contribution in [3.8, 4) is 0 Å². The summed E-state index contributed by atoms with van der Waals surface area (Å²) in [6, 6.07) is 1.96. The summed E-state index contributed by atoms with van der Waals surface area (Å²) in [4.78, 5) is 8.86. The molecule has 17 heavy (non-hydrogen) atoms. The molecule has 2 N–H and O–H groups in total. The molecule has 0 radical (unpaired) electrons. The van der Waals surface area contributed by atoms with Gasteiger partial charge in [-0.1, -0.05) is 11.8 Å². The molecule has 1 saturated carbocycles. The Balaban J connectivity index is 2.19. The molecule has 0 saturated heterocycles. The van der Waals surface area contributed by atoms with Crippen molar-refractivity contribution in [3.63, 3.8) is 0 Å². The van der Waals surface area contributed by atoms with Gasteiger partial charge in [0.1, 0.15) is 11.6 Å². The van der Waals surface area contributed by atoms with Gasteiger partial charge in [-0.25, -0.2) is 9.97 Å². The van der Waals surface area contributed by atoms with Crippen LogP contribution in [0.2, 0.25) is 0 Å². The molecule has 1 aliphatic rings. The van der Waals surface area contributed by atoms with Gasteiger partial charge in [-0.3, -0.25) is 0 Å². The summed E-state index contributed by atoms with van der Waals surface area (Å²) in [5, 5.41) is 7.39. The van der Waals surface area contributed by atoms with E-state index in [1.807, 2.05) is 19.4 Å². The van der Waals surface area contributed by atoms with E-state index in [1.165, 1.54) is 12.8 Å². The van der Waals surface area contributed by atoms with Crippen molar-refractivity contribution < 1.29 is 0 Å². The van der Waals surface area contributed by atoms with Crippen LogP contribution in [0.25, 0.3) is 0 Å². The highest BCUT2D eigenvalue weighted by Crippen LogP contribution is 2.41. The van der Waals surface area contributed by atoms with Crippen LogP contribution in [0, 0.1) is 5.92 Å². The molecular weight excluding hydrogens is 232 g/mol. The Morgan fingerprint density at radius 3 is 2.47 bits per heavy atom. The van der Waals surface area contributed by atoms with Gasteiger partial charge in [0, 0.05) is 18.7 Å². The van der Waals surface area contributed by atoms with Gasteiger partial charge in [0.25, 0.3) is 0 Å². The number of rotatable bonds is 5. The number of thioether (sulfide) groups is 1. The second kappa shape index (κ2) is 4.72. The molecule has 1 aromatic heterocycles. The first-order valence-electron chi connectivity index (χ1n) is 5.94. The first-order chi connectivity index (χ1) is 8.05. The van der Waals surface area contributed by atoms with Gasteiger partial charge in [0.2, 0.25) is 0 Å². The van der Waals surface area contributed by atoms with Crippen LogP contribution in [0.15, 0.2) is 11.2 Å². The number of nitrogens with zero attached hydrogens (tertiary/aromatic N) is 2. The molecule has 1 fully saturated rings. The van der Waals surface area contributed by atoms with Crippen LogP contribution in [0.4, 0.5) is 11.6 Å². The molecule has 0 aliphatic heterocycles. The van der Waals surface area contributed by atoms with Crippen LogP contribution >= 0.6 is 11.8 Å². The zero-order chi connectivity index (χ0) is 12.5. The summed E-state index contributed by atoms with van der Waals surface area (Å²) in [6.07, 6.45) is 4.63. The van der Waals surface area contributed by atoms with E-state index in [0.29, 0.717) is 0 Å². The van der Waals surface area contributed by atoms with Gasteiger partial charge < -0.3 is 10.6 Å². The molecule has 1 aromatic rings. The van der Waals surface area contributed by atoms with Crippen molar-refractivity contribution in [1.82, 2.24) is 9.97 Å². The van der Waals surface area contributed by atoms with E-state index in [4.69, 9.17) is 0 Å². The first kappa shape index (κ1) is 12.5. The van der Waals surface area contributed by atoms with Gasteiger partial charge in [0.05, 0.1) is 0 Å². The van der Waals surface area contributed by atoms with Gasteiger partial charge in [-0.05, 0) is 38.9 Å². The minimum absolute atomic E-state index is 0.120. The summed E-state index contributed by atoms with van der Waals surface area (Å²) >= 11 is 1.56. The summed E-state index contributed by atoms with van der Waals surface area (Å²) < 4.78 is 0. The monoisotopic (exact) mass is 252 g/mol. The van der Waals surface area contributed by atoms with Crippen molar-refractivity contribution >= 4 is 23.4 Å². The zero-order valence-electron chi connectivity index (χ0n) is 10.9. The maximum atomic E-state index is 4.50. The van der Waals surface area contributed by atoms with Crippen molar-refractivity contribution in [2.75, 3.05) is 23.9 Å². The molecular formula is C12H20N4S. The number of hydrogen-bond donors (Lipinski definition) is 2. The maximum Gasteiger partial charge on any atom is 0.191 e. The highest BCUT2D eigenvalue weighted by molar-refractivity contribution is 7.98. The fourth-order valence-corrected chi connectivity index (χ4v) is 2.32. The van der Waals surface area contributed by atoms with E-state index >= 15 is 0 Å². The molecule has 0 bridgehead atoms. The van der Waals surface area contributed by atoms with Crippen LogP contribution in [-0.4, -0.2) is 28.8 Å². The average molecular weight is 252 g/mol. The van der Waals surface area contributed by atoms with Crippen molar-refractivity contribution in [3.05, 3.63) is 6.07 Å². The molecule has 0 aromatic carbocycles. The average Bonchev–Trinajstić information content (AvgIpc) is 3.11. The number of aromatic nitrogens is 2. The summed E-state index contributed by atoms with van der Waals surface area (Å²) in [5.74, 6) is 2.54. The summed E-state index contributed by atoms with van der Waals surface area (Å²) in [5.41, 5.74) is 0.120. The lowest BCUT2D eigenvalue weighted by Gasteiger charge is -2.27. The fourth-order valence-electron chi connectivity index (χ4n) is 1.95. The van der Waals surface area contributed by atoms with E-state index in [2.05, 4.69) is 34.4 Å². The molecule has 2 rings (SSSR count). The normalized spacial score (nSPS) is 15.8. The number of anilines is 2. The van der Waals surface area contributed by atoms with Crippen LogP contribution in [0.3, 0.4) is 0 Å². The van der Waals surface area contributed by atoms with E-state index in [1.54, 1.807) is 11.8 Å². The molecule has 0 unspecified atom stereocenters. The third kappa shape index (κ3) is 3.03. The van der Waals surface area contributed by atoms with Crippen LogP contribution in [0.5, 0.6) is 0 Å². The highest BCUT2D eigenvalue weighted by Gasteiger charge is 2.37. The Kier molecular flexibility index (Phi) is 3.47. The lowest BCUT2D eigenvalue weighted by atomic mass is 9.99. The highest BCUT2D eigenvalue weighted by atomic mass is 32.2. The smallest absolute Gasteiger partial charge is 0.191 e. The molecule has 0 amide bonds. The lowest BCUT2D eigenvalue weighted by Crippen LogP contribution is -2.33. The van der Waals surface area contributed by atoms with Crippen LogP contribution < -0.4 is 10.6 Å². The number of hydrogen-bond acceptors (Lipinski definition) is 5. The van der Waals surface area contributed by atoms with Crippen molar-refractivity contribution in [2.45, 2.75) is 37.4 Å². The fraction of sp³-hybridized carbons (Fsp3) is 0.667. The zero-order valence-corrected chi connectivity index (χ0v) is 11.7. The first-order valence-corrected chi connectivity index (χ1v) is 7.16. The van der Waals surface area contributed by atoms with E-state index in [9.17, 15) is 0 Å². The van der Waals surface area contributed by atoms with E-state index < -0.39 is 0 Å². The minimum Gasteiger partial charge on any atom is -0.373 e. The lowest BCUT2D eigenvalue weighted by molar-refractivity contribution is 0.492. The Bertz CT molecular complexity index is 379. The SMILES string of the molecule is CNc1cc(NC(C)(C)C2CC2)nc(SC)n1. The molecule has 4 nitrogen and oxygen atoms in total. The Morgan fingerprint density at radius 2 is 1.94 bits per heavy atom. The third-order valence-corrected chi connectivity index (χ3v) is 3.74. The second-order valence-electron chi connectivity index (χ2n) is 5.00. The molecule has 94 valence electrons. The topological polar surface area (TPSA) is 49.8 Å². The van der Waals surface area contributed by atoms with Gasteiger partial charge >= 0.3 is 0 Å². The largest absolute Gasteiger partial charge is 0.373 e. The standard InChI is InChI=1S/C12H20N4S/c1-12(2,8-5-6-8)16-10-7-9(13-3)14-11(15-10)17-4/h7-8H,5-6H2,1-4H3,(H2,13,14,15,16). The van der Waals surface area contributed by atoms with Crippen molar-refractivity contribution in [1.29, 1.82) is 0 Å². The quantitative estimate of drug-likeness (QED) is 0.623. The van der Waals surface area contributed by atoms with Gasteiger partial charge in [-0.15, -0.1) is 0 Å². The summed E-state index contributed by atoms with van der Waals surface area (Å²) in [7, 11) is 1.88. The Morgan fingerprint density at radius 1 is 1.29 bits per heavy atom. The molecule has 0 spiro atoms. The van der Waals surface area contributed by atoms with Crippen LogP contribution in [-0.2, 0) is 0 Å². The predicted octanol–water partition coefficient (Wildman–Crippen LogP) is 2.84. The van der Waals surface area contributed by atoms with Crippen molar-refractivity contribution in [2.24, 2.45) is 5.92 Å². The molecule has 1 aliphatic carbocycles. The van der Waals surface area contributed by atoms with Gasteiger partial charge in [0.15, 0.2) is 5.16 Å². The summed E-state index contributed by atoms with van der Waals surface area (Å²) in [6.45, 7) is 4.48.